The van der Waals surface area contributed by atoms with E-state index in [0.717, 1.165) is 73.6 Å². The van der Waals surface area contributed by atoms with E-state index in [2.05, 4.69) is 39.2 Å². The third kappa shape index (κ3) is 37.8. The molecule has 0 saturated heterocycles. The smallest absolute Gasteiger partial charge is 0.253 e. The van der Waals surface area contributed by atoms with Crippen LogP contribution < -0.4 is 32.2 Å². The molecule has 0 saturated carbocycles. The lowest BCUT2D eigenvalue weighted by Crippen LogP contribution is -2.53. The third-order valence-corrected chi connectivity index (χ3v) is 21.9. The van der Waals surface area contributed by atoms with Crippen LogP contribution in [0.3, 0.4) is 0 Å². The summed E-state index contributed by atoms with van der Waals surface area (Å²) in [5.41, 5.74) is 14.0. The van der Waals surface area contributed by atoms with Gasteiger partial charge in [-0.05, 0) is 141 Å². The standard InChI is InChI=1S/C39H53N5O5.C33H49N5O5.C32H47N5O5/c1-6-9-22-44(41-36(46)24-30-18-14-11-15-19-30)28-35(45)34(23-29-16-12-10-13-17-29)40-37(47)31-25-32(38(48)42(4)5)27-33(26-31)39(49)43(20-7-2)21-8-3;1-8-16-37(17-9-2)33(43)27-20-25(19-26(21-27)32(42)36(6)7)31(41)34-28(18-24-14-12-11-13-15-24)29(39)22-38(10-3)35-30(40)23(4)5;1-8-15-37(16-9-2)32(42)26-19-24(18-25(20-26)31(41)35(5)6)30(40)33-27(17-23-13-11-10-12-14-23)28(38)21-36(7)34-29(39)22(3)4/h10-19,25-27,34-35,45H,6-9,20-24,28H2,1-5H3,(H,40,47)(H,41,46);11-15,19-21,23,28-29,39H,8-10,16-18,22H2,1-7H3,(H,34,41)(H,35,40);10-14,18-20,22,27-28,38H,8-9,15-17,21H2,1-7H3,(H,33,40)(H,34,39). The minimum atomic E-state index is -1.07. The molecule has 30 nitrogen and oxygen atoms in total. The molecule has 0 heterocycles. The van der Waals surface area contributed by atoms with E-state index in [1.807, 2.05) is 170 Å². The van der Waals surface area contributed by atoms with Gasteiger partial charge in [0, 0.05) is 183 Å². The second kappa shape index (κ2) is 58.8. The number of nitrogens with one attached hydrogen (secondary N) is 6. The topological polar surface area (TPSA) is 367 Å². The van der Waals surface area contributed by atoms with Gasteiger partial charge in [-0.2, -0.15) is 0 Å². The third-order valence-electron chi connectivity index (χ3n) is 21.9. The van der Waals surface area contributed by atoms with E-state index in [0.29, 0.717) is 71.6 Å². The molecular weight excluding hydrogens is 1700 g/mol. The second-order valence-electron chi connectivity index (χ2n) is 35.1. The number of carbonyl (C=O) groups is 12. The molecule has 0 aliphatic carbocycles. The number of aliphatic hydroxyl groups is 3. The molecule has 730 valence electrons. The maximum absolute atomic E-state index is 14.0. The Kier molecular flexibility index (Phi) is 49.4. The summed E-state index contributed by atoms with van der Waals surface area (Å²) in [4.78, 5) is 168. The minimum Gasteiger partial charge on any atom is -0.390 e. The number of aliphatic hydroxyl groups excluding tert-OH is 3. The summed E-state index contributed by atoms with van der Waals surface area (Å²) in [6, 6.07) is 49.2. The molecule has 7 rings (SSSR count). The molecule has 0 aliphatic rings. The quantitative estimate of drug-likeness (QED) is 0.0160. The zero-order valence-electron chi connectivity index (χ0n) is 82.4. The normalized spacial score (nSPS) is 12.4. The van der Waals surface area contributed by atoms with Crippen molar-refractivity contribution in [3.8, 4) is 0 Å². The van der Waals surface area contributed by atoms with Crippen LogP contribution in [0.1, 0.15) is 250 Å². The molecule has 0 bridgehead atoms. The number of hydrogen-bond donors (Lipinski definition) is 9. The number of hydrogen-bond acceptors (Lipinski definition) is 18. The zero-order chi connectivity index (χ0) is 99.3. The van der Waals surface area contributed by atoms with E-state index in [9.17, 15) is 72.9 Å². The minimum absolute atomic E-state index is 0.0577. The SMILES string of the molecule is CCCCN(CC(O)C(Cc1ccccc1)NC(=O)c1cc(C(=O)N(C)C)cc(C(=O)N(CCC)CCC)c1)NC(=O)Cc1ccccc1.CCCN(CCC)C(=O)c1cc(C(=O)NC(Cc2ccccc2)C(O)CN(C)NC(=O)C(C)C)cc(C(=O)N(C)C)c1.CCCN(CCC)C(=O)c1cc(C(=O)NC(Cc2ccccc2)C(O)CN(CC)NC(=O)C(C)C)cc(C(=O)N(C)C)c1. The highest BCUT2D eigenvalue weighted by Gasteiger charge is 2.33. The fourth-order valence-corrected chi connectivity index (χ4v) is 14.7. The Morgan fingerprint density at radius 2 is 0.560 bits per heavy atom. The van der Waals surface area contributed by atoms with Gasteiger partial charge in [0.15, 0.2) is 0 Å². The summed E-state index contributed by atoms with van der Waals surface area (Å²) in [6.07, 6.45) is 4.34. The molecule has 134 heavy (non-hydrogen) atoms. The monoisotopic (exact) mass is 1850 g/mol. The molecule has 6 atom stereocenters. The van der Waals surface area contributed by atoms with Crippen LogP contribution in [0.2, 0.25) is 0 Å². The van der Waals surface area contributed by atoms with Crippen LogP contribution in [0.5, 0.6) is 0 Å². The first-order valence-corrected chi connectivity index (χ1v) is 47.1. The predicted octanol–water partition coefficient (Wildman–Crippen LogP) is 11.1. The van der Waals surface area contributed by atoms with E-state index in [1.165, 1.54) is 68.2 Å². The summed E-state index contributed by atoms with van der Waals surface area (Å²) < 4.78 is 0. The lowest BCUT2D eigenvalue weighted by molar-refractivity contribution is -0.130. The van der Waals surface area contributed by atoms with E-state index < -0.39 is 54.2 Å². The van der Waals surface area contributed by atoms with Crippen LogP contribution in [0, 0.1) is 11.8 Å². The van der Waals surface area contributed by atoms with E-state index in [1.54, 1.807) is 108 Å². The summed E-state index contributed by atoms with van der Waals surface area (Å²) in [5, 5.41) is 47.9. The number of benzene rings is 7. The average molecular weight is 1850 g/mol. The summed E-state index contributed by atoms with van der Waals surface area (Å²) in [5.74, 6) is -4.31. The van der Waals surface area contributed by atoms with E-state index in [4.69, 9.17) is 0 Å². The van der Waals surface area contributed by atoms with Crippen LogP contribution in [-0.4, -0.2) is 288 Å². The Bertz CT molecular complexity index is 4850. The first-order chi connectivity index (χ1) is 63.8. The fraction of sp³-hybridized carbons (Fsp3) is 0.481. The fourth-order valence-electron chi connectivity index (χ4n) is 14.7. The molecule has 0 fully saturated rings. The van der Waals surface area contributed by atoms with E-state index >= 15 is 0 Å². The molecule has 30 heteroatoms. The van der Waals surface area contributed by atoms with Gasteiger partial charge in [0.05, 0.1) is 42.9 Å². The number of rotatable bonds is 50. The Labute approximate surface area is 794 Å². The summed E-state index contributed by atoms with van der Waals surface area (Å²) in [6.45, 7) is 27.6. The van der Waals surface area contributed by atoms with Crippen molar-refractivity contribution in [2.45, 2.75) is 197 Å². The van der Waals surface area contributed by atoms with Gasteiger partial charge in [-0.15, -0.1) is 0 Å². The van der Waals surface area contributed by atoms with Gasteiger partial charge in [0.1, 0.15) is 0 Å². The largest absolute Gasteiger partial charge is 0.390 e. The van der Waals surface area contributed by atoms with Crippen LogP contribution in [0.25, 0.3) is 0 Å². The number of unbranched alkanes of at least 4 members (excludes halogenated alkanes) is 1. The van der Waals surface area contributed by atoms with Gasteiger partial charge in [-0.25, -0.2) is 15.0 Å². The number of hydrazine groups is 3. The number of nitrogens with zero attached hydrogens (tertiary/aromatic N) is 9. The highest BCUT2D eigenvalue weighted by atomic mass is 16.3. The van der Waals surface area contributed by atoms with Crippen LogP contribution in [-0.2, 0) is 40.1 Å². The number of likely N-dealkylation sites (N-methyl/N-ethyl adjacent to an activating group) is 2. The molecule has 12 amide bonds. The van der Waals surface area contributed by atoms with Crippen molar-refractivity contribution in [3.63, 3.8) is 0 Å². The van der Waals surface area contributed by atoms with Crippen molar-refractivity contribution in [2.75, 3.05) is 121 Å². The lowest BCUT2D eigenvalue weighted by Gasteiger charge is -2.30. The highest BCUT2D eigenvalue weighted by molar-refractivity contribution is 6.07. The van der Waals surface area contributed by atoms with Crippen molar-refractivity contribution in [1.82, 2.24) is 76.7 Å². The Morgan fingerprint density at radius 1 is 0.299 bits per heavy atom. The van der Waals surface area contributed by atoms with E-state index in [-0.39, 0.29) is 141 Å². The van der Waals surface area contributed by atoms with Gasteiger partial charge < -0.3 is 60.7 Å². The first kappa shape index (κ1) is 112. The van der Waals surface area contributed by atoms with Crippen LogP contribution in [0.4, 0.5) is 0 Å². The summed E-state index contributed by atoms with van der Waals surface area (Å²) >= 11 is 0. The molecule has 0 spiro atoms. The maximum Gasteiger partial charge on any atom is 0.253 e. The van der Waals surface area contributed by atoms with Crippen molar-refractivity contribution >= 4 is 70.9 Å². The Morgan fingerprint density at radius 3 is 0.828 bits per heavy atom. The molecule has 0 aliphatic heterocycles. The molecule has 9 N–H and O–H groups in total. The summed E-state index contributed by atoms with van der Waals surface area (Å²) in [7, 11) is 11.3. The first-order valence-electron chi connectivity index (χ1n) is 47.1. The highest BCUT2D eigenvalue weighted by Crippen LogP contribution is 2.23. The maximum atomic E-state index is 14.0. The molecular formula is C104H149N15O15. The Balaban J connectivity index is 0.000000357. The molecule has 0 radical (unpaired) electrons. The molecule has 6 unspecified atom stereocenters. The molecule has 0 aromatic heterocycles. The van der Waals surface area contributed by atoms with Gasteiger partial charge in [0.2, 0.25) is 17.7 Å². The Hall–Kier alpha value is -12.1. The van der Waals surface area contributed by atoms with Gasteiger partial charge in [-0.1, -0.05) is 211 Å². The van der Waals surface area contributed by atoms with Gasteiger partial charge in [-0.3, -0.25) is 73.8 Å². The predicted molar refractivity (Wildman–Crippen MR) is 526 cm³/mol. The van der Waals surface area contributed by atoms with Crippen LogP contribution >= 0.6 is 0 Å². The molecule has 7 aromatic rings. The van der Waals surface area contributed by atoms with Gasteiger partial charge >= 0.3 is 0 Å². The number of carbonyl (C=O) groups excluding carboxylic acids is 12. The second-order valence-corrected chi connectivity index (χ2v) is 35.1. The molecule has 7 aromatic carbocycles. The van der Waals surface area contributed by atoms with Crippen molar-refractivity contribution in [1.29, 1.82) is 0 Å². The zero-order valence-corrected chi connectivity index (χ0v) is 82.4. The van der Waals surface area contributed by atoms with Crippen molar-refractivity contribution < 1.29 is 72.9 Å². The van der Waals surface area contributed by atoms with Crippen LogP contribution in [0.15, 0.2) is 176 Å². The average Bonchev–Trinajstić information content (AvgIpc) is 0.815. The van der Waals surface area contributed by atoms with Gasteiger partial charge in [0.25, 0.3) is 53.2 Å². The van der Waals surface area contributed by atoms with Crippen molar-refractivity contribution in [3.05, 3.63) is 248 Å². The van der Waals surface area contributed by atoms with Crippen molar-refractivity contribution in [2.24, 2.45) is 11.8 Å². The number of amides is 12. The lowest BCUT2D eigenvalue weighted by atomic mass is 9.99.